The molecule has 9 heavy (non-hydrogen) atoms. The van der Waals surface area contributed by atoms with Crippen LogP contribution in [-0.4, -0.2) is 34.4 Å². The summed E-state index contributed by atoms with van der Waals surface area (Å²) in [6.07, 6.45) is -4.73. The van der Waals surface area contributed by atoms with E-state index in [1.165, 1.54) is 0 Å². The monoisotopic (exact) mass is 134 g/mol. The van der Waals surface area contributed by atoms with E-state index in [0.717, 1.165) is 0 Å². The summed E-state index contributed by atoms with van der Waals surface area (Å²) in [5.41, 5.74) is 0. The molecule has 3 unspecified atom stereocenters. The maximum atomic E-state index is 12.2. The molecule has 0 aromatic heterocycles. The van der Waals surface area contributed by atoms with E-state index in [1.807, 2.05) is 0 Å². The fraction of sp³-hybridized carbons (Fsp3) is 0.800. The summed E-state index contributed by atoms with van der Waals surface area (Å²) in [5, 5.41) is 17.1. The van der Waals surface area contributed by atoms with E-state index < -0.39 is 24.2 Å². The number of ketones is 1. The van der Waals surface area contributed by atoms with Crippen molar-refractivity contribution in [2.45, 2.75) is 24.8 Å². The first-order valence-electron chi connectivity index (χ1n) is 2.67. The Morgan fingerprint density at radius 3 is 2.22 bits per heavy atom. The SMILES string of the molecule is O=C1C(O)CC(F)C1O. The lowest BCUT2D eigenvalue weighted by Gasteiger charge is -1.98. The number of halogens is 1. The predicted molar refractivity (Wildman–Crippen MR) is 26.5 cm³/mol. The van der Waals surface area contributed by atoms with Gasteiger partial charge in [-0.15, -0.1) is 0 Å². The number of alkyl halides is 1. The Balaban J connectivity index is 2.65. The Bertz CT molecular complexity index is 136. The van der Waals surface area contributed by atoms with Crippen molar-refractivity contribution in [3.05, 3.63) is 0 Å². The van der Waals surface area contributed by atoms with Gasteiger partial charge in [0, 0.05) is 6.42 Å². The van der Waals surface area contributed by atoms with Gasteiger partial charge in [-0.1, -0.05) is 0 Å². The molecule has 1 aliphatic carbocycles. The summed E-state index contributed by atoms with van der Waals surface area (Å²) >= 11 is 0. The molecule has 1 saturated carbocycles. The highest BCUT2D eigenvalue weighted by Crippen LogP contribution is 2.18. The number of aliphatic hydroxyl groups is 2. The van der Waals surface area contributed by atoms with Gasteiger partial charge in [0.15, 0.2) is 5.78 Å². The molecule has 0 aromatic carbocycles. The van der Waals surface area contributed by atoms with Gasteiger partial charge < -0.3 is 10.2 Å². The molecule has 0 bridgehead atoms. The summed E-state index contributed by atoms with van der Waals surface area (Å²) in [7, 11) is 0. The number of carbonyl (C=O) groups is 1. The molecule has 0 aliphatic heterocycles. The van der Waals surface area contributed by atoms with Crippen LogP contribution in [-0.2, 0) is 4.79 Å². The number of hydrogen-bond donors (Lipinski definition) is 2. The summed E-state index contributed by atoms with van der Waals surface area (Å²) in [6.45, 7) is 0. The zero-order valence-corrected chi connectivity index (χ0v) is 4.62. The van der Waals surface area contributed by atoms with Gasteiger partial charge in [-0.3, -0.25) is 4.79 Å². The lowest BCUT2D eigenvalue weighted by atomic mass is 10.3. The first-order valence-corrected chi connectivity index (χ1v) is 2.67. The minimum absolute atomic E-state index is 0.264. The van der Waals surface area contributed by atoms with Crippen LogP contribution >= 0.6 is 0 Å². The molecule has 0 saturated heterocycles. The fourth-order valence-corrected chi connectivity index (χ4v) is 0.834. The highest BCUT2D eigenvalue weighted by atomic mass is 19.1. The highest BCUT2D eigenvalue weighted by molar-refractivity contribution is 5.89. The van der Waals surface area contributed by atoms with Crippen LogP contribution in [0.4, 0.5) is 4.39 Å². The van der Waals surface area contributed by atoms with Gasteiger partial charge in [0.05, 0.1) is 0 Å². The molecule has 4 heteroatoms. The van der Waals surface area contributed by atoms with Gasteiger partial charge in [-0.2, -0.15) is 0 Å². The molecule has 3 nitrogen and oxygen atoms in total. The summed E-state index contributed by atoms with van der Waals surface area (Å²) in [5.74, 6) is -0.803. The Labute approximate surface area is 51.1 Å². The third-order valence-corrected chi connectivity index (χ3v) is 1.41. The average molecular weight is 134 g/mol. The van der Waals surface area contributed by atoms with Crippen molar-refractivity contribution in [2.75, 3.05) is 0 Å². The zero-order valence-electron chi connectivity index (χ0n) is 4.62. The van der Waals surface area contributed by atoms with Gasteiger partial charge in [-0.25, -0.2) is 4.39 Å². The van der Waals surface area contributed by atoms with Gasteiger partial charge in [0.25, 0.3) is 0 Å². The molecule has 0 spiro atoms. The third kappa shape index (κ3) is 0.951. The molecular weight excluding hydrogens is 127 g/mol. The molecule has 52 valence electrons. The summed E-state index contributed by atoms with van der Waals surface area (Å²) < 4.78 is 12.2. The lowest BCUT2D eigenvalue weighted by molar-refractivity contribution is -0.131. The number of Topliss-reactive ketones (excluding diaryl/α,β-unsaturated/α-hetero) is 1. The van der Waals surface area contributed by atoms with Gasteiger partial charge in [0.2, 0.25) is 0 Å². The molecular formula is C5H7FO3. The largest absolute Gasteiger partial charge is 0.385 e. The molecule has 0 heterocycles. The Morgan fingerprint density at radius 2 is 2.11 bits per heavy atom. The third-order valence-electron chi connectivity index (χ3n) is 1.41. The van der Waals surface area contributed by atoms with Crippen molar-refractivity contribution >= 4 is 5.78 Å². The molecule has 1 fully saturated rings. The molecule has 1 rings (SSSR count). The Hall–Kier alpha value is -0.480. The minimum atomic E-state index is -1.60. The second-order valence-electron chi connectivity index (χ2n) is 2.11. The second-order valence-corrected chi connectivity index (χ2v) is 2.11. The predicted octanol–water partition coefficient (Wildman–Crippen LogP) is -0.981. The molecule has 3 atom stereocenters. The van der Waals surface area contributed by atoms with E-state index in [4.69, 9.17) is 10.2 Å². The normalized spacial score (nSPS) is 43.9. The van der Waals surface area contributed by atoms with Crippen molar-refractivity contribution < 1.29 is 19.4 Å². The fourth-order valence-electron chi connectivity index (χ4n) is 0.834. The van der Waals surface area contributed by atoms with Gasteiger partial charge >= 0.3 is 0 Å². The van der Waals surface area contributed by atoms with E-state index in [1.54, 1.807) is 0 Å². The van der Waals surface area contributed by atoms with Crippen LogP contribution in [0.3, 0.4) is 0 Å². The summed E-state index contributed by atoms with van der Waals surface area (Å²) in [4.78, 5) is 10.4. The van der Waals surface area contributed by atoms with E-state index in [2.05, 4.69) is 0 Å². The van der Waals surface area contributed by atoms with E-state index in [9.17, 15) is 9.18 Å². The van der Waals surface area contributed by atoms with E-state index in [-0.39, 0.29) is 6.42 Å². The van der Waals surface area contributed by atoms with Crippen LogP contribution in [0.5, 0.6) is 0 Å². The molecule has 0 aromatic rings. The van der Waals surface area contributed by atoms with Crippen molar-refractivity contribution in [1.29, 1.82) is 0 Å². The maximum Gasteiger partial charge on any atom is 0.192 e. The van der Waals surface area contributed by atoms with Crippen molar-refractivity contribution in [1.82, 2.24) is 0 Å². The molecule has 0 radical (unpaired) electrons. The van der Waals surface area contributed by atoms with Crippen LogP contribution < -0.4 is 0 Å². The lowest BCUT2D eigenvalue weighted by Crippen LogP contribution is -2.25. The van der Waals surface area contributed by atoms with Crippen LogP contribution in [0.1, 0.15) is 6.42 Å². The van der Waals surface area contributed by atoms with Crippen molar-refractivity contribution in [2.24, 2.45) is 0 Å². The van der Waals surface area contributed by atoms with Gasteiger partial charge in [-0.05, 0) is 0 Å². The Morgan fingerprint density at radius 1 is 1.56 bits per heavy atom. The minimum Gasteiger partial charge on any atom is -0.385 e. The van der Waals surface area contributed by atoms with E-state index in [0.29, 0.717) is 0 Å². The van der Waals surface area contributed by atoms with Crippen LogP contribution in [0.25, 0.3) is 0 Å². The second kappa shape index (κ2) is 2.04. The highest BCUT2D eigenvalue weighted by Gasteiger charge is 2.40. The zero-order chi connectivity index (χ0) is 7.02. The number of aliphatic hydroxyl groups excluding tert-OH is 2. The average Bonchev–Trinajstić information content (AvgIpc) is 1.98. The van der Waals surface area contributed by atoms with Crippen molar-refractivity contribution in [3.8, 4) is 0 Å². The van der Waals surface area contributed by atoms with Crippen LogP contribution in [0.15, 0.2) is 0 Å². The smallest absolute Gasteiger partial charge is 0.192 e. The maximum absolute atomic E-state index is 12.2. The Kier molecular flexibility index (Phi) is 1.50. The van der Waals surface area contributed by atoms with Crippen LogP contribution in [0.2, 0.25) is 0 Å². The van der Waals surface area contributed by atoms with Crippen LogP contribution in [0, 0.1) is 0 Å². The number of hydrogen-bond acceptors (Lipinski definition) is 3. The first-order chi connectivity index (χ1) is 4.13. The number of carbonyl (C=O) groups excluding carboxylic acids is 1. The van der Waals surface area contributed by atoms with E-state index >= 15 is 0 Å². The first kappa shape index (κ1) is 6.64. The van der Waals surface area contributed by atoms with Gasteiger partial charge in [0.1, 0.15) is 18.4 Å². The molecule has 1 aliphatic rings. The quantitative estimate of drug-likeness (QED) is 0.447. The standard InChI is InChI=1S/C5H7FO3/c6-2-1-3(7)5(9)4(2)8/h2-4,7-8H,1H2. The number of rotatable bonds is 0. The van der Waals surface area contributed by atoms with Crippen molar-refractivity contribution in [3.63, 3.8) is 0 Å². The molecule has 2 N–H and O–H groups in total. The molecule has 0 amide bonds. The summed E-state index contributed by atoms with van der Waals surface area (Å²) in [6, 6.07) is 0. The topological polar surface area (TPSA) is 57.5 Å².